The Morgan fingerprint density at radius 3 is 2.41 bits per heavy atom. The zero-order chi connectivity index (χ0) is 16.2. The third-order valence-electron chi connectivity index (χ3n) is 3.14. The van der Waals surface area contributed by atoms with Gasteiger partial charge in [-0.3, -0.25) is 0 Å². The van der Waals surface area contributed by atoms with E-state index in [1.54, 1.807) is 31.2 Å². The predicted octanol–water partition coefficient (Wildman–Crippen LogP) is 3.01. The Kier molecular flexibility index (Phi) is 5.15. The Morgan fingerprint density at radius 1 is 1.14 bits per heavy atom. The fourth-order valence-electron chi connectivity index (χ4n) is 1.97. The molecule has 1 N–H and O–H groups in total. The van der Waals surface area contributed by atoms with Crippen LogP contribution in [-0.4, -0.2) is 15.0 Å². The van der Waals surface area contributed by atoms with Crippen molar-refractivity contribution >= 4 is 10.0 Å². The molecule has 0 fully saturated rings. The van der Waals surface area contributed by atoms with Crippen LogP contribution in [0.3, 0.4) is 0 Å². The van der Waals surface area contributed by atoms with E-state index in [2.05, 4.69) is 4.72 Å². The number of aryl methyl sites for hydroxylation is 1. The molecule has 0 saturated heterocycles. The summed E-state index contributed by atoms with van der Waals surface area (Å²) in [5, 5.41) is 0. The molecule has 0 aliphatic rings. The first-order valence-electron chi connectivity index (χ1n) is 6.90. The molecule has 0 saturated carbocycles. The van der Waals surface area contributed by atoms with Crippen molar-refractivity contribution in [3.8, 4) is 5.75 Å². The van der Waals surface area contributed by atoms with Gasteiger partial charge in [0.2, 0.25) is 10.0 Å². The molecule has 2 aromatic carbocycles. The highest BCUT2D eigenvalue weighted by Crippen LogP contribution is 2.21. The van der Waals surface area contributed by atoms with E-state index in [9.17, 15) is 12.8 Å². The summed E-state index contributed by atoms with van der Waals surface area (Å²) in [5.41, 5.74) is 1.44. The maximum atomic E-state index is 12.8. The quantitative estimate of drug-likeness (QED) is 0.889. The van der Waals surface area contributed by atoms with E-state index < -0.39 is 10.0 Å². The van der Waals surface area contributed by atoms with E-state index in [4.69, 9.17) is 4.74 Å². The Bertz CT molecular complexity index is 742. The minimum absolute atomic E-state index is 0.106. The Hall–Kier alpha value is -1.92. The van der Waals surface area contributed by atoms with Crippen molar-refractivity contribution in [3.05, 3.63) is 59.4 Å². The van der Waals surface area contributed by atoms with Crippen molar-refractivity contribution in [3.63, 3.8) is 0 Å². The van der Waals surface area contributed by atoms with Gasteiger partial charge in [-0.05, 0) is 55.3 Å². The van der Waals surface area contributed by atoms with E-state index in [-0.39, 0.29) is 17.3 Å². The molecule has 0 aliphatic heterocycles. The van der Waals surface area contributed by atoms with Crippen LogP contribution in [0.2, 0.25) is 0 Å². The lowest BCUT2D eigenvalue weighted by Gasteiger charge is -2.10. The highest BCUT2D eigenvalue weighted by atomic mass is 32.2. The molecule has 0 atom stereocenters. The van der Waals surface area contributed by atoms with Crippen LogP contribution in [0.1, 0.15) is 18.1 Å². The third-order valence-corrected chi connectivity index (χ3v) is 4.54. The molecule has 0 aliphatic carbocycles. The van der Waals surface area contributed by atoms with Gasteiger partial charge >= 0.3 is 0 Å². The summed E-state index contributed by atoms with van der Waals surface area (Å²) >= 11 is 0. The lowest BCUT2D eigenvalue weighted by molar-refractivity contribution is 0.337. The van der Waals surface area contributed by atoms with Crippen LogP contribution in [0.25, 0.3) is 0 Å². The summed E-state index contributed by atoms with van der Waals surface area (Å²) in [4.78, 5) is 0.176. The SMILES string of the molecule is CCOc1ccc(S(=O)(=O)NCc2ccc(F)cc2)cc1C. The number of rotatable bonds is 6. The highest BCUT2D eigenvalue weighted by molar-refractivity contribution is 7.89. The van der Waals surface area contributed by atoms with Gasteiger partial charge < -0.3 is 4.74 Å². The molecule has 0 spiro atoms. The van der Waals surface area contributed by atoms with Crippen LogP contribution in [-0.2, 0) is 16.6 Å². The minimum Gasteiger partial charge on any atom is -0.494 e. The van der Waals surface area contributed by atoms with Crippen molar-refractivity contribution in [2.45, 2.75) is 25.3 Å². The molecule has 0 bridgehead atoms. The van der Waals surface area contributed by atoms with Gasteiger partial charge in [0.15, 0.2) is 0 Å². The summed E-state index contributed by atoms with van der Waals surface area (Å²) in [6.45, 7) is 4.29. The monoisotopic (exact) mass is 323 g/mol. The smallest absolute Gasteiger partial charge is 0.240 e. The number of benzene rings is 2. The van der Waals surface area contributed by atoms with Crippen LogP contribution in [0.15, 0.2) is 47.4 Å². The Balaban J connectivity index is 2.13. The first-order valence-corrected chi connectivity index (χ1v) is 8.38. The fraction of sp³-hybridized carbons (Fsp3) is 0.250. The van der Waals surface area contributed by atoms with Crippen LogP contribution < -0.4 is 9.46 Å². The van der Waals surface area contributed by atoms with Gasteiger partial charge in [-0.25, -0.2) is 17.5 Å². The average Bonchev–Trinajstić information content (AvgIpc) is 2.49. The van der Waals surface area contributed by atoms with Gasteiger partial charge in [0, 0.05) is 6.54 Å². The largest absolute Gasteiger partial charge is 0.494 e. The number of ether oxygens (including phenoxy) is 1. The van der Waals surface area contributed by atoms with Gasteiger partial charge in [-0.15, -0.1) is 0 Å². The van der Waals surface area contributed by atoms with Crippen molar-refractivity contribution in [2.75, 3.05) is 6.61 Å². The minimum atomic E-state index is -3.62. The lowest BCUT2D eigenvalue weighted by Crippen LogP contribution is -2.23. The van der Waals surface area contributed by atoms with Crippen molar-refractivity contribution in [1.82, 2.24) is 4.72 Å². The number of nitrogens with one attached hydrogen (secondary N) is 1. The van der Waals surface area contributed by atoms with Gasteiger partial charge in [-0.2, -0.15) is 0 Å². The second-order valence-electron chi connectivity index (χ2n) is 4.81. The fourth-order valence-corrected chi connectivity index (χ4v) is 3.07. The van der Waals surface area contributed by atoms with Crippen molar-refractivity contribution in [2.24, 2.45) is 0 Å². The van der Waals surface area contributed by atoms with E-state index in [1.165, 1.54) is 18.2 Å². The summed E-state index contributed by atoms with van der Waals surface area (Å²) in [5.74, 6) is 0.314. The van der Waals surface area contributed by atoms with E-state index >= 15 is 0 Å². The van der Waals surface area contributed by atoms with E-state index in [0.29, 0.717) is 17.9 Å². The molecule has 0 amide bonds. The average molecular weight is 323 g/mol. The van der Waals surface area contributed by atoms with Gasteiger partial charge in [0.05, 0.1) is 11.5 Å². The van der Waals surface area contributed by atoms with Gasteiger partial charge in [0.25, 0.3) is 0 Å². The molecule has 0 unspecified atom stereocenters. The highest BCUT2D eigenvalue weighted by Gasteiger charge is 2.15. The van der Waals surface area contributed by atoms with Gasteiger partial charge in [0.1, 0.15) is 11.6 Å². The molecule has 118 valence electrons. The molecule has 0 radical (unpaired) electrons. The van der Waals surface area contributed by atoms with Gasteiger partial charge in [-0.1, -0.05) is 12.1 Å². The molecule has 0 heterocycles. The maximum Gasteiger partial charge on any atom is 0.240 e. The van der Waals surface area contributed by atoms with E-state index in [1.807, 2.05) is 6.92 Å². The summed E-state index contributed by atoms with van der Waals surface area (Å²) in [6.07, 6.45) is 0. The number of halogens is 1. The summed E-state index contributed by atoms with van der Waals surface area (Å²) in [7, 11) is -3.62. The van der Waals surface area contributed by atoms with Crippen molar-refractivity contribution < 1.29 is 17.5 Å². The van der Waals surface area contributed by atoms with Crippen molar-refractivity contribution in [1.29, 1.82) is 0 Å². The third kappa shape index (κ3) is 4.05. The predicted molar refractivity (Wildman–Crippen MR) is 82.8 cm³/mol. The lowest BCUT2D eigenvalue weighted by atomic mass is 10.2. The normalized spacial score (nSPS) is 11.4. The molecule has 2 aromatic rings. The molecular weight excluding hydrogens is 305 g/mol. The van der Waals surface area contributed by atoms with Crippen LogP contribution in [0, 0.1) is 12.7 Å². The van der Waals surface area contributed by atoms with Crippen LogP contribution in [0.4, 0.5) is 4.39 Å². The molecule has 22 heavy (non-hydrogen) atoms. The Morgan fingerprint density at radius 2 is 1.82 bits per heavy atom. The Labute approximate surface area is 130 Å². The molecule has 6 heteroatoms. The number of hydrogen-bond acceptors (Lipinski definition) is 3. The van der Waals surface area contributed by atoms with Crippen LogP contribution in [0.5, 0.6) is 5.75 Å². The summed E-state index contributed by atoms with van der Waals surface area (Å²) < 4.78 is 45.2. The second kappa shape index (κ2) is 6.89. The molecule has 2 rings (SSSR count). The second-order valence-corrected chi connectivity index (χ2v) is 6.58. The first-order chi connectivity index (χ1) is 10.4. The zero-order valence-corrected chi connectivity index (χ0v) is 13.3. The number of sulfonamides is 1. The maximum absolute atomic E-state index is 12.8. The first kappa shape index (κ1) is 16.5. The zero-order valence-electron chi connectivity index (χ0n) is 12.5. The molecule has 0 aromatic heterocycles. The molecule has 4 nitrogen and oxygen atoms in total. The van der Waals surface area contributed by atoms with Crippen LogP contribution >= 0.6 is 0 Å². The summed E-state index contributed by atoms with van der Waals surface area (Å²) in [6, 6.07) is 10.4. The number of hydrogen-bond donors (Lipinski definition) is 1. The van der Waals surface area contributed by atoms with E-state index in [0.717, 1.165) is 5.56 Å². The molecular formula is C16H18FNO3S. The standard InChI is InChI=1S/C16H18FNO3S/c1-3-21-16-9-8-15(10-12(16)2)22(19,20)18-11-13-4-6-14(17)7-5-13/h4-10,18H,3,11H2,1-2H3. The topological polar surface area (TPSA) is 55.4 Å².